The number of nitriles is 1. The van der Waals surface area contributed by atoms with Crippen molar-refractivity contribution in [1.82, 2.24) is 25.3 Å². The summed E-state index contributed by atoms with van der Waals surface area (Å²) in [5.41, 5.74) is 1.67. The second-order valence-corrected chi connectivity index (χ2v) is 6.88. The normalized spacial score (nSPS) is 17.4. The number of nitrogens with one attached hydrogen (secondary N) is 1. The number of piperidine rings is 1. The molecule has 1 amide bonds. The monoisotopic (exact) mass is 367 g/mol. The summed E-state index contributed by atoms with van der Waals surface area (Å²) in [4.78, 5) is 18.3. The molecule has 1 N–H and O–H groups in total. The van der Waals surface area contributed by atoms with Crippen LogP contribution >= 0.6 is 0 Å². The quantitative estimate of drug-likeness (QED) is 0.848. The van der Waals surface area contributed by atoms with Crippen LogP contribution in [0, 0.1) is 11.3 Å². The van der Waals surface area contributed by atoms with Crippen molar-refractivity contribution in [2.75, 3.05) is 25.1 Å². The average Bonchev–Trinajstić information content (AvgIpc) is 3.38. The van der Waals surface area contributed by atoms with Gasteiger partial charge < -0.3 is 15.0 Å². The summed E-state index contributed by atoms with van der Waals surface area (Å²) in [5, 5.41) is 20.6. The minimum atomic E-state index is -0.149. The van der Waals surface area contributed by atoms with E-state index < -0.39 is 0 Å². The number of nitrogens with zero attached hydrogens (tertiary/aromatic N) is 6. The molecule has 3 heterocycles. The highest BCUT2D eigenvalue weighted by molar-refractivity contribution is 5.92. The summed E-state index contributed by atoms with van der Waals surface area (Å²) in [6.07, 6.45) is 7.17. The Hall–Kier alpha value is -3.15. The van der Waals surface area contributed by atoms with Gasteiger partial charge in [-0.05, 0) is 31.7 Å². The van der Waals surface area contributed by atoms with E-state index in [1.807, 2.05) is 6.07 Å². The van der Waals surface area contributed by atoms with Crippen molar-refractivity contribution in [3.63, 3.8) is 0 Å². The van der Waals surface area contributed by atoms with Gasteiger partial charge in [0, 0.05) is 25.3 Å². The number of anilines is 1. The molecule has 2 fully saturated rings. The summed E-state index contributed by atoms with van der Waals surface area (Å²) in [7, 11) is 1.51. The zero-order valence-corrected chi connectivity index (χ0v) is 15.1. The molecule has 0 spiro atoms. The van der Waals surface area contributed by atoms with Crippen molar-refractivity contribution in [1.29, 1.82) is 5.26 Å². The molecule has 1 saturated carbocycles. The van der Waals surface area contributed by atoms with Crippen molar-refractivity contribution in [3.8, 4) is 11.9 Å². The van der Waals surface area contributed by atoms with Crippen LogP contribution in [0.15, 0.2) is 18.5 Å². The van der Waals surface area contributed by atoms with Crippen LogP contribution < -0.4 is 15.0 Å². The Bertz CT molecular complexity index is 876. The lowest BCUT2D eigenvalue weighted by Crippen LogP contribution is -2.35. The summed E-state index contributed by atoms with van der Waals surface area (Å²) >= 11 is 0. The number of aromatic nitrogens is 4. The lowest BCUT2D eigenvalue weighted by molar-refractivity contribution is 0.0946. The summed E-state index contributed by atoms with van der Waals surface area (Å²) in [6.45, 7) is 1.55. The smallest absolute Gasteiger partial charge is 0.273 e. The maximum atomic E-state index is 12.1. The van der Waals surface area contributed by atoms with Crippen LogP contribution in [0.1, 0.15) is 47.8 Å². The van der Waals surface area contributed by atoms with Crippen molar-refractivity contribution in [2.24, 2.45) is 0 Å². The van der Waals surface area contributed by atoms with E-state index in [-0.39, 0.29) is 11.9 Å². The molecule has 9 nitrogen and oxygen atoms in total. The number of methoxy groups -OCH3 is 1. The Balaban J connectivity index is 1.42. The van der Waals surface area contributed by atoms with Gasteiger partial charge in [0.15, 0.2) is 5.69 Å². The number of hydrogen-bond donors (Lipinski definition) is 1. The predicted octanol–water partition coefficient (Wildman–Crippen LogP) is 1.29. The SMILES string of the molecule is COc1nccc(N2CCC(n3cc(C(=O)NC4CC4)nn3)CC2)c1C#N. The molecule has 0 unspecified atom stereocenters. The van der Waals surface area contributed by atoms with Gasteiger partial charge in [-0.25, -0.2) is 9.67 Å². The standard InChI is InChI=1S/C18H21N7O2/c1-27-18-14(10-19)16(4-7-20-18)24-8-5-13(6-9-24)25-11-15(22-23-25)17(26)21-12-2-3-12/h4,7,11-13H,2-3,5-6,8-9H2,1H3,(H,21,26). The number of rotatable bonds is 5. The summed E-state index contributed by atoms with van der Waals surface area (Å²) in [6, 6.07) is 4.52. The fraction of sp³-hybridized carbons (Fsp3) is 0.500. The number of hydrogen-bond acceptors (Lipinski definition) is 7. The summed E-state index contributed by atoms with van der Waals surface area (Å²) in [5.74, 6) is 0.198. The highest BCUT2D eigenvalue weighted by Crippen LogP contribution is 2.31. The Morgan fingerprint density at radius 2 is 2.11 bits per heavy atom. The van der Waals surface area contributed by atoms with E-state index in [2.05, 4.69) is 31.6 Å². The van der Waals surface area contributed by atoms with E-state index in [1.54, 1.807) is 17.1 Å². The van der Waals surface area contributed by atoms with Crippen molar-refractivity contribution >= 4 is 11.6 Å². The average molecular weight is 367 g/mol. The molecule has 0 bridgehead atoms. The first-order valence-electron chi connectivity index (χ1n) is 9.10. The Morgan fingerprint density at radius 3 is 2.78 bits per heavy atom. The lowest BCUT2D eigenvalue weighted by atomic mass is 10.0. The van der Waals surface area contributed by atoms with E-state index in [0.717, 1.165) is 44.5 Å². The van der Waals surface area contributed by atoms with Gasteiger partial charge in [-0.2, -0.15) is 5.26 Å². The third kappa shape index (κ3) is 3.56. The number of pyridine rings is 1. The summed E-state index contributed by atoms with van der Waals surface area (Å²) < 4.78 is 6.98. The zero-order valence-electron chi connectivity index (χ0n) is 15.1. The molecule has 1 saturated heterocycles. The van der Waals surface area contributed by atoms with Gasteiger partial charge in [-0.3, -0.25) is 4.79 Å². The van der Waals surface area contributed by atoms with Crippen LogP contribution in [0.4, 0.5) is 5.69 Å². The number of amides is 1. The van der Waals surface area contributed by atoms with E-state index in [1.165, 1.54) is 7.11 Å². The highest BCUT2D eigenvalue weighted by Gasteiger charge is 2.27. The molecule has 1 aliphatic carbocycles. The second-order valence-electron chi connectivity index (χ2n) is 6.88. The van der Waals surface area contributed by atoms with E-state index >= 15 is 0 Å². The largest absolute Gasteiger partial charge is 0.480 e. The number of carbonyl (C=O) groups is 1. The van der Waals surface area contributed by atoms with Crippen molar-refractivity contribution < 1.29 is 9.53 Å². The molecule has 4 rings (SSSR count). The minimum absolute atomic E-state index is 0.149. The minimum Gasteiger partial charge on any atom is -0.480 e. The molecule has 0 radical (unpaired) electrons. The molecule has 27 heavy (non-hydrogen) atoms. The Labute approximate surface area is 156 Å². The molecule has 0 aromatic carbocycles. The van der Waals surface area contributed by atoms with Crippen LogP contribution in [-0.2, 0) is 0 Å². The van der Waals surface area contributed by atoms with Crippen LogP contribution in [-0.4, -0.2) is 52.1 Å². The molecule has 1 aliphatic heterocycles. The van der Waals surface area contributed by atoms with Gasteiger partial charge in [0.2, 0.25) is 5.88 Å². The van der Waals surface area contributed by atoms with Crippen LogP contribution in [0.25, 0.3) is 0 Å². The molecule has 0 atom stereocenters. The van der Waals surface area contributed by atoms with Crippen molar-refractivity contribution in [2.45, 2.75) is 37.8 Å². The topological polar surface area (TPSA) is 109 Å². The fourth-order valence-corrected chi connectivity index (χ4v) is 3.37. The number of carbonyl (C=O) groups excluding carboxylic acids is 1. The molecular formula is C18H21N7O2. The predicted molar refractivity (Wildman–Crippen MR) is 96.5 cm³/mol. The van der Waals surface area contributed by atoms with E-state index in [4.69, 9.17) is 4.74 Å². The molecule has 2 aliphatic rings. The van der Waals surface area contributed by atoms with E-state index in [9.17, 15) is 10.1 Å². The first kappa shape index (κ1) is 17.3. The van der Waals surface area contributed by atoms with Crippen LogP contribution in [0.3, 0.4) is 0 Å². The Kier molecular flexibility index (Phi) is 4.62. The third-order valence-corrected chi connectivity index (χ3v) is 5.03. The molecule has 9 heteroatoms. The van der Waals surface area contributed by atoms with Gasteiger partial charge in [0.1, 0.15) is 11.6 Å². The molecular weight excluding hydrogens is 346 g/mol. The lowest BCUT2D eigenvalue weighted by Gasteiger charge is -2.33. The van der Waals surface area contributed by atoms with Gasteiger partial charge in [-0.15, -0.1) is 5.10 Å². The zero-order chi connectivity index (χ0) is 18.8. The first-order valence-corrected chi connectivity index (χ1v) is 9.10. The Morgan fingerprint density at radius 1 is 1.33 bits per heavy atom. The second kappa shape index (κ2) is 7.23. The molecule has 2 aromatic rings. The van der Waals surface area contributed by atoms with Crippen LogP contribution in [0.2, 0.25) is 0 Å². The van der Waals surface area contributed by atoms with Gasteiger partial charge >= 0.3 is 0 Å². The van der Waals surface area contributed by atoms with Gasteiger partial charge in [0.05, 0.1) is 25.0 Å². The van der Waals surface area contributed by atoms with E-state index in [0.29, 0.717) is 23.2 Å². The van der Waals surface area contributed by atoms with Crippen LogP contribution in [0.5, 0.6) is 5.88 Å². The highest BCUT2D eigenvalue weighted by atomic mass is 16.5. The number of ether oxygens (including phenoxy) is 1. The van der Waals surface area contributed by atoms with Gasteiger partial charge in [0.25, 0.3) is 5.91 Å². The van der Waals surface area contributed by atoms with Gasteiger partial charge in [-0.1, -0.05) is 5.21 Å². The maximum Gasteiger partial charge on any atom is 0.273 e. The fourth-order valence-electron chi connectivity index (χ4n) is 3.37. The molecule has 140 valence electrons. The maximum absolute atomic E-state index is 12.1. The van der Waals surface area contributed by atoms with Crippen molar-refractivity contribution in [3.05, 3.63) is 29.7 Å². The first-order chi connectivity index (χ1) is 13.2. The third-order valence-electron chi connectivity index (χ3n) is 5.03. The molecule has 2 aromatic heterocycles.